The molecule has 0 aliphatic heterocycles. The van der Waals surface area contributed by atoms with Gasteiger partial charge in [-0.1, -0.05) is 42.5 Å². The highest BCUT2D eigenvalue weighted by Crippen LogP contribution is 2.44. The molecule has 0 N–H and O–H groups in total. The van der Waals surface area contributed by atoms with Crippen molar-refractivity contribution in [2.45, 2.75) is 0 Å². The van der Waals surface area contributed by atoms with Crippen molar-refractivity contribution >= 4 is 56.2 Å². The van der Waals surface area contributed by atoms with Crippen LogP contribution in [0.1, 0.15) is 25.7 Å². The average Bonchev–Trinajstić information content (AvgIpc) is 3.37. The van der Waals surface area contributed by atoms with Crippen LogP contribution < -0.4 is 0 Å². The lowest BCUT2D eigenvalue weighted by atomic mass is 9.80. The summed E-state index contributed by atoms with van der Waals surface area (Å²) in [5.74, 6) is -0.840. The Morgan fingerprint density at radius 3 is 2.00 bits per heavy atom. The number of carbonyl (C=O) groups is 2. The van der Waals surface area contributed by atoms with Gasteiger partial charge < -0.3 is 0 Å². The minimum Gasteiger partial charge on any atom is -0.285 e. The monoisotopic (exact) mass is 372 g/mol. The van der Waals surface area contributed by atoms with Crippen LogP contribution >= 0.6 is 22.7 Å². The Morgan fingerprint density at radius 1 is 0.615 bits per heavy atom. The molecule has 4 heteroatoms. The molecule has 1 aliphatic carbocycles. The van der Waals surface area contributed by atoms with Crippen LogP contribution in [-0.2, 0) is 4.79 Å². The number of allylic oxidation sites excluding steroid dienone is 1. The summed E-state index contributed by atoms with van der Waals surface area (Å²) < 4.78 is 0. The Morgan fingerprint density at radius 2 is 1.31 bits per heavy atom. The minimum absolute atomic E-state index is 0.418. The SMILES string of the molecule is O=C1C(=O)c2ccc3ccccc3c2C(c2cccs2)=C1c1cccs1. The molecule has 0 unspecified atom stereocenters. The summed E-state index contributed by atoms with van der Waals surface area (Å²) in [7, 11) is 0. The Kier molecular flexibility index (Phi) is 3.48. The van der Waals surface area contributed by atoms with Crippen molar-refractivity contribution in [3.8, 4) is 0 Å². The van der Waals surface area contributed by atoms with Crippen molar-refractivity contribution in [2.75, 3.05) is 0 Å². The first-order valence-corrected chi connectivity index (χ1v) is 9.95. The number of rotatable bonds is 2. The molecule has 26 heavy (non-hydrogen) atoms. The zero-order chi connectivity index (χ0) is 17.7. The molecule has 0 saturated heterocycles. The van der Waals surface area contributed by atoms with E-state index in [1.807, 2.05) is 65.4 Å². The van der Waals surface area contributed by atoms with Crippen LogP contribution in [0.3, 0.4) is 0 Å². The van der Waals surface area contributed by atoms with Crippen molar-refractivity contribution in [1.82, 2.24) is 0 Å². The maximum absolute atomic E-state index is 13.0. The number of fused-ring (bicyclic) bond motifs is 3. The van der Waals surface area contributed by atoms with Crippen molar-refractivity contribution in [1.29, 1.82) is 0 Å². The maximum Gasteiger partial charge on any atom is 0.235 e. The lowest BCUT2D eigenvalue weighted by Gasteiger charge is -2.22. The normalized spacial score (nSPS) is 14.2. The van der Waals surface area contributed by atoms with Gasteiger partial charge in [0.1, 0.15) is 0 Å². The van der Waals surface area contributed by atoms with Crippen LogP contribution in [0.5, 0.6) is 0 Å². The lowest BCUT2D eigenvalue weighted by Crippen LogP contribution is -2.23. The summed E-state index contributed by atoms with van der Waals surface area (Å²) in [6.07, 6.45) is 0. The van der Waals surface area contributed by atoms with Crippen LogP contribution in [-0.4, -0.2) is 11.6 Å². The van der Waals surface area contributed by atoms with Crippen molar-refractivity contribution in [3.63, 3.8) is 0 Å². The van der Waals surface area contributed by atoms with E-state index in [4.69, 9.17) is 0 Å². The summed E-state index contributed by atoms with van der Waals surface area (Å²) in [5, 5.41) is 6.00. The van der Waals surface area contributed by atoms with Gasteiger partial charge in [0, 0.05) is 26.5 Å². The number of benzene rings is 2. The van der Waals surface area contributed by atoms with E-state index in [-0.39, 0.29) is 0 Å². The van der Waals surface area contributed by atoms with Gasteiger partial charge in [-0.05, 0) is 39.7 Å². The Bertz CT molecular complexity index is 1200. The molecule has 2 aromatic carbocycles. The van der Waals surface area contributed by atoms with Gasteiger partial charge in [-0.25, -0.2) is 0 Å². The highest BCUT2D eigenvalue weighted by atomic mass is 32.1. The summed E-state index contributed by atoms with van der Waals surface area (Å²) >= 11 is 3.08. The Balaban J connectivity index is 1.99. The third-order valence-electron chi connectivity index (χ3n) is 4.64. The summed E-state index contributed by atoms with van der Waals surface area (Å²) in [4.78, 5) is 27.8. The largest absolute Gasteiger partial charge is 0.285 e. The molecular formula is C22H12O2S2. The predicted octanol–water partition coefficient (Wildman–Crippen LogP) is 5.69. The number of carbonyl (C=O) groups excluding carboxylic acids is 2. The second-order valence-corrected chi connectivity index (χ2v) is 7.97. The van der Waals surface area contributed by atoms with Crippen LogP contribution in [0.25, 0.3) is 21.9 Å². The molecule has 2 nitrogen and oxygen atoms in total. The van der Waals surface area contributed by atoms with Gasteiger partial charge in [-0.15, -0.1) is 22.7 Å². The molecular weight excluding hydrogens is 360 g/mol. The zero-order valence-electron chi connectivity index (χ0n) is 13.6. The molecule has 124 valence electrons. The van der Waals surface area contributed by atoms with E-state index in [2.05, 4.69) is 0 Å². The van der Waals surface area contributed by atoms with Crippen LogP contribution in [0.15, 0.2) is 71.4 Å². The molecule has 0 bridgehead atoms. The minimum atomic E-state index is -0.422. The van der Waals surface area contributed by atoms with Gasteiger partial charge in [-0.3, -0.25) is 9.59 Å². The van der Waals surface area contributed by atoms with E-state index in [0.717, 1.165) is 31.7 Å². The molecule has 2 heterocycles. The van der Waals surface area contributed by atoms with Crippen LogP contribution in [0.2, 0.25) is 0 Å². The zero-order valence-corrected chi connectivity index (χ0v) is 15.2. The lowest BCUT2D eigenvalue weighted by molar-refractivity contribution is -0.110. The van der Waals surface area contributed by atoms with E-state index in [1.165, 1.54) is 11.3 Å². The van der Waals surface area contributed by atoms with Gasteiger partial charge in [0.2, 0.25) is 11.6 Å². The summed E-state index contributed by atoms with van der Waals surface area (Å²) in [6, 6.07) is 19.5. The van der Waals surface area contributed by atoms with Gasteiger partial charge in [0.25, 0.3) is 0 Å². The van der Waals surface area contributed by atoms with E-state index in [1.54, 1.807) is 17.4 Å². The average molecular weight is 372 g/mol. The van der Waals surface area contributed by atoms with Crippen molar-refractivity contribution in [2.24, 2.45) is 0 Å². The number of thiophene rings is 2. The first-order valence-electron chi connectivity index (χ1n) is 8.19. The number of Topliss-reactive ketones (excluding diaryl/α,β-unsaturated/α-hetero) is 2. The second kappa shape index (κ2) is 5.87. The topological polar surface area (TPSA) is 34.1 Å². The molecule has 1 aliphatic rings. The smallest absolute Gasteiger partial charge is 0.235 e. The molecule has 0 saturated carbocycles. The Labute approximate surface area is 158 Å². The molecule has 0 atom stereocenters. The highest BCUT2D eigenvalue weighted by Gasteiger charge is 2.35. The van der Waals surface area contributed by atoms with Gasteiger partial charge in [0.05, 0.1) is 5.57 Å². The number of hydrogen-bond acceptors (Lipinski definition) is 4. The molecule has 4 aromatic rings. The van der Waals surface area contributed by atoms with Gasteiger partial charge in [0.15, 0.2) is 0 Å². The van der Waals surface area contributed by atoms with E-state index in [0.29, 0.717) is 11.1 Å². The van der Waals surface area contributed by atoms with E-state index < -0.39 is 11.6 Å². The number of ketones is 2. The van der Waals surface area contributed by atoms with E-state index >= 15 is 0 Å². The molecule has 0 fully saturated rings. The number of hydrogen-bond donors (Lipinski definition) is 0. The predicted molar refractivity (Wildman–Crippen MR) is 108 cm³/mol. The van der Waals surface area contributed by atoms with Crippen LogP contribution in [0, 0.1) is 0 Å². The molecule has 5 rings (SSSR count). The Hall–Kier alpha value is -2.82. The van der Waals surface area contributed by atoms with Gasteiger partial charge in [-0.2, -0.15) is 0 Å². The fraction of sp³-hybridized carbons (Fsp3) is 0. The maximum atomic E-state index is 13.0. The molecule has 0 spiro atoms. The fourth-order valence-electron chi connectivity index (χ4n) is 3.53. The standard InChI is InChI=1S/C22H12O2S2/c23-21-15-10-9-13-5-1-2-6-14(13)18(15)19(16-7-3-11-25-16)20(22(21)24)17-8-4-12-26-17/h1-12H. The summed E-state index contributed by atoms with van der Waals surface area (Å²) in [6.45, 7) is 0. The third-order valence-corrected chi connectivity index (χ3v) is 6.42. The first-order chi connectivity index (χ1) is 12.8. The second-order valence-electron chi connectivity index (χ2n) is 6.07. The van der Waals surface area contributed by atoms with E-state index in [9.17, 15) is 9.59 Å². The highest BCUT2D eigenvalue weighted by molar-refractivity contribution is 7.13. The van der Waals surface area contributed by atoms with Crippen molar-refractivity contribution < 1.29 is 9.59 Å². The molecule has 0 amide bonds. The fourth-order valence-corrected chi connectivity index (χ4v) is 5.08. The summed E-state index contributed by atoms with van der Waals surface area (Å²) in [5.41, 5.74) is 2.77. The molecule has 2 aromatic heterocycles. The third kappa shape index (κ3) is 2.16. The quantitative estimate of drug-likeness (QED) is 0.424. The first kappa shape index (κ1) is 15.4. The molecule has 0 radical (unpaired) electrons. The van der Waals surface area contributed by atoms with Crippen LogP contribution in [0.4, 0.5) is 0 Å². The van der Waals surface area contributed by atoms with Gasteiger partial charge >= 0.3 is 0 Å². The van der Waals surface area contributed by atoms with Crippen molar-refractivity contribution in [3.05, 3.63) is 92.3 Å².